The third-order valence-corrected chi connectivity index (χ3v) is 4.51. The molecule has 0 unspecified atom stereocenters. The van der Waals surface area contributed by atoms with Crippen LogP contribution in [-0.4, -0.2) is 26.2 Å². The van der Waals surface area contributed by atoms with Crippen LogP contribution in [0, 0.1) is 11.2 Å². The second-order valence-corrected chi connectivity index (χ2v) is 5.59. The molecule has 2 rings (SSSR count). The molecule has 1 N–H and O–H groups in total. The minimum absolute atomic E-state index is 0.160. The highest BCUT2D eigenvalue weighted by atomic mass is 19.1. The van der Waals surface area contributed by atoms with Crippen LogP contribution >= 0.6 is 0 Å². The lowest BCUT2D eigenvalue weighted by atomic mass is 9.76. The van der Waals surface area contributed by atoms with Gasteiger partial charge in [0.15, 0.2) is 0 Å². The first-order valence-corrected chi connectivity index (χ1v) is 7.40. The van der Waals surface area contributed by atoms with Crippen LogP contribution in [0.25, 0.3) is 0 Å². The van der Waals surface area contributed by atoms with E-state index in [0.29, 0.717) is 5.41 Å². The molecule has 0 spiro atoms. The van der Waals surface area contributed by atoms with Crippen LogP contribution in [0.5, 0.6) is 0 Å². The fourth-order valence-electron chi connectivity index (χ4n) is 3.02. The molecule has 1 aromatic rings. The molecular formula is C16H25FN2. The van der Waals surface area contributed by atoms with Gasteiger partial charge in [0, 0.05) is 18.8 Å². The Labute approximate surface area is 116 Å². The van der Waals surface area contributed by atoms with Crippen molar-refractivity contribution in [1.29, 1.82) is 0 Å². The number of nitrogens with zero attached hydrogens (tertiary/aromatic N) is 1. The summed E-state index contributed by atoms with van der Waals surface area (Å²) in [6.45, 7) is 8.76. The minimum Gasteiger partial charge on any atom is -0.371 e. The zero-order valence-electron chi connectivity index (χ0n) is 12.1. The lowest BCUT2D eigenvalue weighted by molar-refractivity contribution is 0.198. The van der Waals surface area contributed by atoms with E-state index in [4.69, 9.17) is 0 Å². The summed E-state index contributed by atoms with van der Waals surface area (Å²) in [6, 6.07) is 6.89. The maximum Gasteiger partial charge on any atom is 0.123 e. The molecule has 0 radical (unpaired) electrons. The average molecular weight is 264 g/mol. The topological polar surface area (TPSA) is 15.3 Å². The molecule has 3 heteroatoms. The molecule has 0 bridgehead atoms. The highest BCUT2D eigenvalue weighted by molar-refractivity contribution is 5.46. The first kappa shape index (κ1) is 14.3. The van der Waals surface area contributed by atoms with Crippen molar-refractivity contribution in [3.63, 3.8) is 0 Å². The zero-order chi connectivity index (χ0) is 13.7. The summed E-state index contributed by atoms with van der Waals surface area (Å²) in [5.74, 6) is -0.160. The van der Waals surface area contributed by atoms with Gasteiger partial charge in [-0.05, 0) is 69.0 Å². The smallest absolute Gasteiger partial charge is 0.123 e. The van der Waals surface area contributed by atoms with E-state index < -0.39 is 0 Å². The number of hydrogen-bond donors (Lipinski definition) is 1. The van der Waals surface area contributed by atoms with Crippen LogP contribution in [0.1, 0.15) is 33.1 Å². The average Bonchev–Trinajstić information content (AvgIpc) is 2.47. The molecule has 1 aromatic carbocycles. The number of nitrogens with one attached hydrogen (secondary N) is 1. The van der Waals surface area contributed by atoms with Crippen LogP contribution in [-0.2, 0) is 0 Å². The molecule has 1 saturated heterocycles. The van der Waals surface area contributed by atoms with E-state index in [9.17, 15) is 4.39 Å². The second kappa shape index (κ2) is 6.38. The van der Waals surface area contributed by atoms with Gasteiger partial charge in [-0.2, -0.15) is 0 Å². The molecule has 1 fully saturated rings. The highest BCUT2D eigenvalue weighted by Gasteiger charge is 2.31. The van der Waals surface area contributed by atoms with Gasteiger partial charge in [0.1, 0.15) is 5.82 Å². The van der Waals surface area contributed by atoms with Crippen molar-refractivity contribution < 1.29 is 4.39 Å². The molecule has 2 nitrogen and oxygen atoms in total. The standard InChI is InChI=1S/C16H25FN2/c1-3-16(9-11-18-12-10-16)13-19(4-2)15-7-5-14(17)6-8-15/h5-8,18H,3-4,9-13H2,1-2H3. The van der Waals surface area contributed by atoms with Crippen LogP contribution in [0.3, 0.4) is 0 Å². The Balaban J connectivity index is 2.11. The highest BCUT2D eigenvalue weighted by Crippen LogP contribution is 2.34. The van der Waals surface area contributed by atoms with E-state index in [0.717, 1.165) is 31.9 Å². The number of anilines is 1. The van der Waals surface area contributed by atoms with E-state index in [1.807, 2.05) is 12.1 Å². The summed E-state index contributed by atoms with van der Waals surface area (Å²) in [5.41, 5.74) is 1.55. The molecule has 0 aromatic heterocycles. The van der Waals surface area contributed by atoms with Gasteiger partial charge in [0.2, 0.25) is 0 Å². The van der Waals surface area contributed by atoms with E-state index >= 15 is 0 Å². The fourth-order valence-corrected chi connectivity index (χ4v) is 3.02. The Hall–Kier alpha value is -1.09. The van der Waals surface area contributed by atoms with Gasteiger partial charge in [0.05, 0.1) is 0 Å². The normalized spacial score (nSPS) is 18.3. The Morgan fingerprint density at radius 1 is 1.16 bits per heavy atom. The summed E-state index contributed by atoms with van der Waals surface area (Å²) in [7, 11) is 0. The molecule has 1 aliphatic heterocycles. The molecule has 1 aliphatic rings. The van der Waals surface area contributed by atoms with Crippen molar-refractivity contribution in [2.75, 3.05) is 31.1 Å². The van der Waals surface area contributed by atoms with Gasteiger partial charge in [0.25, 0.3) is 0 Å². The zero-order valence-corrected chi connectivity index (χ0v) is 12.1. The number of piperidine rings is 1. The molecule has 106 valence electrons. The first-order chi connectivity index (χ1) is 9.19. The van der Waals surface area contributed by atoms with Gasteiger partial charge < -0.3 is 10.2 Å². The molecule has 1 heterocycles. The molecule has 0 atom stereocenters. The van der Waals surface area contributed by atoms with Crippen molar-refractivity contribution in [2.24, 2.45) is 5.41 Å². The Morgan fingerprint density at radius 3 is 2.32 bits per heavy atom. The molecule has 0 aliphatic carbocycles. The minimum atomic E-state index is -0.160. The van der Waals surface area contributed by atoms with E-state index in [2.05, 4.69) is 24.1 Å². The summed E-state index contributed by atoms with van der Waals surface area (Å²) in [4.78, 5) is 2.38. The van der Waals surface area contributed by atoms with E-state index in [1.54, 1.807) is 12.1 Å². The summed E-state index contributed by atoms with van der Waals surface area (Å²) in [6.07, 6.45) is 3.69. The number of hydrogen-bond acceptors (Lipinski definition) is 2. The van der Waals surface area contributed by atoms with Gasteiger partial charge in [-0.1, -0.05) is 6.92 Å². The Kier molecular flexibility index (Phi) is 4.81. The number of benzene rings is 1. The summed E-state index contributed by atoms with van der Waals surface area (Å²) in [5, 5.41) is 3.44. The molecular weight excluding hydrogens is 239 g/mol. The maximum atomic E-state index is 13.0. The number of halogens is 1. The van der Waals surface area contributed by atoms with Crippen molar-refractivity contribution >= 4 is 5.69 Å². The molecule has 19 heavy (non-hydrogen) atoms. The van der Waals surface area contributed by atoms with Crippen LogP contribution < -0.4 is 10.2 Å². The third-order valence-electron chi connectivity index (χ3n) is 4.51. The van der Waals surface area contributed by atoms with Gasteiger partial charge >= 0.3 is 0 Å². The van der Waals surface area contributed by atoms with Gasteiger partial charge in [-0.25, -0.2) is 4.39 Å². The van der Waals surface area contributed by atoms with Crippen molar-refractivity contribution in [2.45, 2.75) is 33.1 Å². The van der Waals surface area contributed by atoms with Crippen molar-refractivity contribution in [1.82, 2.24) is 5.32 Å². The third kappa shape index (κ3) is 3.47. The maximum absolute atomic E-state index is 13.0. The Morgan fingerprint density at radius 2 is 1.79 bits per heavy atom. The number of rotatable bonds is 5. The van der Waals surface area contributed by atoms with E-state index in [1.165, 1.54) is 19.3 Å². The SMILES string of the molecule is CCN(CC1(CC)CCNCC1)c1ccc(F)cc1. The van der Waals surface area contributed by atoms with Gasteiger partial charge in [-0.15, -0.1) is 0 Å². The molecule has 0 amide bonds. The summed E-state index contributed by atoms with van der Waals surface area (Å²) < 4.78 is 13.0. The predicted octanol–water partition coefficient (Wildman–Crippen LogP) is 3.43. The van der Waals surface area contributed by atoms with Crippen LogP contribution in [0.15, 0.2) is 24.3 Å². The molecule has 0 saturated carbocycles. The largest absolute Gasteiger partial charge is 0.371 e. The van der Waals surface area contributed by atoms with Crippen LogP contribution in [0.2, 0.25) is 0 Å². The second-order valence-electron chi connectivity index (χ2n) is 5.59. The monoisotopic (exact) mass is 264 g/mol. The van der Waals surface area contributed by atoms with Crippen molar-refractivity contribution in [3.05, 3.63) is 30.1 Å². The fraction of sp³-hybridized carbons (Fsp3) is 0.625. The van der Waals surface area contributed by atoms with E-state index in [-0.39, 0.29) is 5.82 Å². The quantitative estimate of drug-likeness (QED) is 0.876. The van der Waals surface area contributed by atoms with Crippen molar-refractivity contribution in [3.8, 4) is 0 Å². The predicted molar refractivity (Wildman–Crippen MR) is 79.1 cm³/mol. The summed E-state index contributed by atoms with van der Waals surface area (Å²) >= 11 is 0. The Bertz CT molecular complexity index is 382. The first-order valence-electron chi connectivity index (χ1n) is 7.40. The lowest BCUT2D eigenvalue weighted by Crippen LogP contribution is -2.44. The lowest BCUT2D eigenvalue weighted by Gasteiger charge is -2.41. The van der Waals surface area contributed by atoms with Gasteiger partial charge in [-0.3, -0.25) is 0 Å². The van der Waals surface area contributed by atoms with Crippen LogP contribution in [0.4, 0.5) is 10.1 Å².